The summed E-state index contributed by atoms with van der Waals surface area (Å²) < 4.78 is 5.31. The number of carbonyl (C=O) groups excluding carboxylic acids is 2. The SMILES string of the molecule is CC(=O)O[C@H]1C[C@]2(C)[C@@H](Br)CC[C@@](C)(O)[C@H]2[C@@H]1C=O. The van der Waals surface area contributed by atoms with Crippen molar-refractivity contribution >= 4 is 28.2 Å². The zero-order valence-electron chi connectivity index (χ0n) is 11.6. The summed E-state index contributed by atoms with van der Waals surface area (Å²) in [5.41, 5.74) is -1.12. The van der Waals surface area contributed by atoms with E-state index >= 15 is 0 Å². The molecule has 1 N–H and O–H groups in total. The minimum Gasteiger partial charge on any atom is -0.462 e. The first-order valence-corrected chi connectivity index (χ1v) is 7.63. The molecule has 108 valence electrons. The van der Waals surface area contributed by atoms with E-state index < -0.39 is 17.6 Å². The molecular formula is C14H21BrO4. The molecule has 0 saturated heterocycles. The maximum Gasteiger partial charge on any atom is 0.302 e. The van der Waals surface area contributed by atoms with Crippen LogP contribution in [0.3, 0.4) is 0 Å². The van der Waals surface area contributed by atoms with Crippen LogP contribution in [0.2, 0.25) is 0 Å². The normalized spacial score (nSPS) is 49.5. The number of hydrogen-bond donors (Lipinski definition) is 1. The molecule has 0 aromatic rings. The van der Waals surface area contributed by atoms with Gasteiger partial charge < -0.3 is 14.6 Å². The first-order valence-electron chi connectivity index (χ1n) is 6.71. The van der Waals surface area contributed by atoms with Gasteiger partial charge in [-0.2, -0.15) is 0 Å². The van der Waals surface area contributed by atoms with Crippen molar-refractivity contribution in [1.29, 1.82) is 0 Å². The molecule has 2 saturated carbocycles. The van der Waals surface area contributed by atoms with Crippen LogP contribution in [0.25, 0.3) is 0 Å². The summed E-state index contributed by atoms with van der Waals surface area (Å²) in [5, 5.41) is 10.7. The molecular weight excluding hydrogens is 312 g/mol. The number of esters is 1. The van der Waals surface area contributed by atoms with Crippen molar-refractivity contribution < 1.29 is 19.4 Å². The third-order valence-electron chi connectivity index (χ3n) is 4.93. The molecule has 0 radical (unpaired) electrons. The number of aliphatic hydroxyl groups is 1. The monoisotopic (exact) mass is 332 g/mol. The molecule has 2 rings (SSSR count). The summed E-state index contributed by atoms with van der Waals surface area (Å²) in [6.45, 7) is 5.22. The zero-order chi connectivity index (χ0) is 14.4. The molecule has 2 aliphatic rings. The lowest BCUT2D eigenvalue weighted by Gasteiger charge is -2.49. The third-order valence-corrected chi connectivity index (χ3v) is 6.43. The Labute approximate surface area is 122 Å². The maximum absolute atomic E-state index is 11.5. The summed E-state index contributed by atoms with van der Waals surface area (Å²) in [7, 11) is 0. The summed E-state index contributed by atoms with van der Waals surface area (Å²) in [4.78, 5) is 22.9. The van der Waals surface area contributed by atoms with Gasteiger partial charge in [0.2, 0.25) is 0 Å². The molecule has 0 aromatic carbocycles. The van der Waals surface area contributed by atoms with E-state index in [1.54, 1.807) is 6.92 Å². The van der Waals surface area contributed by atoms with Crippen molar-refractivity contribution in [3.05, 3.63) is 0 Å². The van der Waals surface area contributed by atoms with Crippen LogP contribution in [0.5, 0.6) is 0 Å². The first-order chi connectivity index (χ1) is 8.72. The summed E-state index contributed by atoms with van der Waals surface area (Å²) in [6.07, 6.45) is 2.56. The van der Waals surface area contributed by atoms with Crippen molar-refractivity contribution in [2.75, 3.05) is 0 Å². The van der Waals surface area contributed by atoms with E-state index in [0.717, 1.165) is 12.7 Å². The van der Waals surface area contributed by atoms with Crippen LogP contribution < -0.4 is 0 Å². The third kappa shape index (κ3) is 2.35. The number of fused-ring (bicyclic) bond motifs is 1. The number of rotatable bonds is 2. The van der Waals surface area contributed by atoms with Crippen LogP contribution in [0, 0.1) is 17.3 Å². The lowest BCUT2D eigenvalue weighted by molar-refractivity contribution is -0.151. The molecule has 0 heterocycles. The fourth-order valence-electron chi connectivity index (χ4n) is 4.20. The van der Waals surface area contributed by atoms with Crippen molar-refractivity contribution in [3.8, 4) is 0 Å². The molecule has 0 bridgehead atoms. The molecule has 19 heavy (non-hydrogen) atoms. The number of alkyl halides is 1. The molecule has 0 unspecified atom stereocenters. The highest BCUT2D eigenvalue weighted by molar-refractivity contribution is 9.09. The Morgan fingerprint density at radius 1 is 1.47 bits per heavy atom. The highest BCUT2D eigenvalue weighted by Crippen LogP contribution is 2.60. The van der Waals surface area contributed by atoms with E-state index in [0.29, 0.717) is 12.8 Å². The number of halogens is 1. The average Bonchev–Trinajstić information content (AvgIpc) is 2.58. The summed E-state index contributed by atoms with van der Waals surface area (Å²) in [6, 6.07) is 0. The smallest absolute Gasteiger partial charge is 0.302 e. The number of aldehydes is 1. The van der Waals surface area contributed by atoms with Crippen LogP contribution in [0.15, 0.2) is 0 Å². The highest BCUT2D eigenvalue weighted by atomic mass is 79.9. The van der Waals surface area contributed by atoms with Gasteiger partial charge in [-0.25, -0.2) is 0 Å². The molecule has 0 amide bonds. The average molecular weight is 333 g/mol. The van der Waals surface area contributed by atoms with Gasteiger partial charge in [0.1, 0.15) is 12.4 Å². The Kier molecular flexibility index (Phi) is 3.82. The van der Waals surface area contributed by atoms with E-state index in [1.807, 2.05) is 0 Å². The van der Waals surface area contributed by atoms with E-state index in [2.05, 4.69) is 22.9 Å². The maximum atomic E-state index is 11.5. The summed E-state index contributed by atoms with van der Waals surface area (Å²) >= 11 is 3.69. The van der Waals surface area contributed by atoms with E-state index in [-0.39, 0.29) is 22.1 Å². The molecule has 5 heteroatoms. The Morgan fingerprint density at radius 3 is 2.63 bits per heavy atom. The van der Waals surface area contributed by atoms with Gasteiger partial charge in [0.25, 0.3) is 0 Å². The number of ether oxygens (including phenoxy) is 1. The lowest BCUT2D eigenvalue weighted by Crippen LogP contribution is -2.52. The molecule has 6 atom stereocenters. The minimum absolute atomic E-state index is 0.181. The molecule has 0 spiro atoms. The topological polar surface area (TPSA) is 63.6 Å². The Morgan fingerprint density at radius 2 is 2.11 bits per heavy atom. The number of hydrogen-bond acceptors (Lipinski definition) is 4. The molecule has 0 aliphatic heterocycles. The first kappa shape index (κ1) is 15.0. The van der Waals surface area contributed by atoms with Crippen LogP contribution >= 0.6 is 15.9 Å². The fourth-order valence-corrected chi connectivity index (χ4v) is 4.90. The van der Waals surface area contributed by atoms with Gasteiger partial charge in [-0.15, -0.1) is 0 Å². The Bertz CT molecular complexity index is 395. The highest BCUT2D eigenvalue weighted by Gasteiger charge is 2.62. The quantitative estimate of drug-likeness (QED) is 0.477. The fraction of sp³-hybridized carbons (Fsp3) is 0.857. The van der Waals surface area contributed by atoms with Crippen molar-refractivity contribution in [1.82, 2.24) is 0 Å². The predicted octanol–water partition coefficient (Wildman–Crippen LogP) is 2.07. The number of carbonyl (C=O) groups is 2. The Balaban J connectivity index is 2.38. The molecule has 0 aromatic heterocycles. The lowest BCUT2D eigenvalue weighted by atomic mass is 9.61. The molecule has 4 nitrogen and oxygen atoms in total. The van der Waals surface area contributed by atoms with Gasteiger partial charge in [0, 0.05) is 17.7 Å². The second-order valence-electron chi connectivity index (χ2n) is 6.41. The van der Waals surface area contributed by atoms with Crippen LogP contribution in [0.1, 0.15) is 40.0 Å². The van der Waals surface area contributed by atoms with E-state index in [4.69, 9.17) is 4.74 Å². The van der Waals surface area contributed by atoms with Crippen LogP contribution in [-0.4, -0.2) is 33.9 Å². The van der Waals surface area contributed by atoms with Gasteiger partial charge in [-0.3, -0.25) is 4.79 Å². The van der Waals surface area contributed by atoms with Crippen LogP contribution in [-0.2, 0) is 14.3 Å². The van der Waals surface area contributed by atoms with Crippen LogP contribution in [0.4, 0.5) is 0 Å². The van der Waals surface area contributed by atoms with Gasteiger partial charge in [-0.1, -0.05) is 22.9 Å². The largest absolute Gasteiger partial charge is 0.462 e. The molecule has 2 fully saturated rings. The Hall–Kier alpha value is -0.420. The minimum atomic E-state index is -0.889. The molecule has 2 aliphatic carbocycles. The van der Waals surface area contributed by atoms with Crippen molar-refractivity contribution in [2.24, 2.45) is 17.3 Å². The van der Waals surface area contributed by atoms with E-state index in [1.165, 1.54) is 6.92 Å². The van der Waals surface area contributed by atoms with Gasteiger partial charge in [0.05, 0.1) is 11.5 Å². The van der Waals surface area contributed by atoms with Gasteiger partial charge in [0.15, 0.2) is 0 Å². The van der Waals surface area contributed by atoms with Gasteiger partial charge >= 0.3 is 5.97 Å². The second-order valence-corrected chi connectivity index (χ2v) is 7.52. The van der Waals surface area contributed by atoms with Crippen molar-refractivity contribution in [2.45, 2.75) is 56.6 Å². The van der Waals surface area contributed by atoms with E-state index in [9.17, 15) is 14.7 Å². The van der Waals surface area contributed by atoms with Crippen molar-refractivity contribution in [3.63, 3.8) is 0 Å². The zero-order valence-corrected chi connectivity index (χ0v) is 13.1. The standard InChI is InChI=1S/C14H21BrO4/c1-8(17)19-10-6-13(2)11(15)4-5-14(3,18)12(13)9(10)7-16/h7,9-12,18H,4-6H2,1-3H3/t9-,10+,11+,12+,13-,14-/m1/s1. The second kappa shape index (κ2) is 4.85. The summed E-state index contributed by atoms with van der Waals surface area (Å²) in [5.74, 6) is -0.978. The predicted molar refractivity (Wildman–Crippen MR) is 73.9 cm³/mol. The van der Waals surface area contributed by atoms with Gasteiger partial charge in [-0.05, 0) is 31.6 Å².